The third-order valence-corrected chi connectivity index (χ3v) is 4.18. The van der Waals surface area contributed by atoms with Crippen LogP contribution in [-0.4, -0.2) is 26.3 Å². The summed E-state index contributed by atoms with van der Waals surface area (Å²) in [6, 6.07) is 17.0. The van der Waals surface area contributed by atoms with Gasteiger partial charge in [0.25, 0.3) is 0 Å². The third-order valence-electron chi connectivity index (χ3n) is 3.65. The smallest absolute Gasteiger partial charge is 0.0642 e. The van der Waals surface area contributed by atoms with Gasteiger partial charge in [-0.25, -0.2) is 0 Å². The van der Waals surface area contributed by atoms with Crippen molar-refractivity contribution in [2.24, 2.45) is 0 Å². The van der Waals surface area contributed by atoms with Crippen LogP contribution in [0.1, 0.15) is 5.56 Å². The highest BCUT2D eigenvalue weighted by atomic mass is 79.9. The van der Waals surface area contributed by atoms with Gasteiger partial charge in [0.2, 0.25) is 0 Å². The number of rotatable bonds is 4. The minimum atomic E-state index is 0.823. The van der Waals surface area contributed by atoms with Gasteiger partial charge in [-0.1, -0.05) is 28.1 Å². The summed E-state index contributed by atoms with van der Waals surface area (Å²) < 4.78 is 6.50. The number of hydrogen-bond donors (Lipinski definition) is 1. The van der Waals surface area contributed by atoms with Crippen LogP contribution in [0.5, 0.6) is 0 Å². The van der Waals surface area contributed by atoms with Gasteiger partial charge in [0.1, 0.15) is 0 Å². The molecule has 0 radical (unpaired) electrons. The molecule has 0 aromatic heterocycles. The van der Waals surface area contributed by atoms with Crippen molar-refractivity contribution in [3.8, 4) is 0 Å². The van der Waals surface area contributed by atoms with Gasteiger partial charge in [0.05, 0.1) is 13.2 Å². The van der Waals surface area contributed by atoms with E-state index in [1.54, 1.807) is 0 Å². The minimum Gasteiger partial charge on any atom is -0.381 e. The van der Waals surface area contributed by atoms with E-state index in [-0.39, 0.29) is 0 Å². The molecule has 1 aliphatic rings. The molecule has 0 bridgehead atoms. The highest BCUT2D eigenvalue weighted by Gasteiger charge is 2.10. The lowest BCUT2D eigenvalue weighted by atomic mass is 10.2. The highest BCUT2D eigenvalue weighted by Crippen LogP contribution is 2.19. The van der Waals surface area contributed by atoms with Crippen LogP contribution < -0.4 is 10.2 Å². The second kappa shape index (κ2) is 6.96. The molecular weight excluding hydrogens is 328 g/mol. The second-order valence-corrected chi connectivity index (χ2v) is 6.04. The molecule has 3 nitrogen and oxygen atoms in total. The van der Waals surface area contributed by atoms with Crippen molar-refractivity contribution in [1.82, 2.24) is 0 Å². The monoisotopic (exact) mass is 346 g/mol. The quantitative estimate of drug-likeness (QED) is 0.908. The van der Waals surface area contributed by atoms with Crippen LogP contribution in [0.4, 0.5) is 11.4 Å². The van der Waals surface area contributed by atoms with Crippen molar-refractivity contribution >= 4 is 27.3 Å². The Hall–Kier alpha value is -1.52. The molecule has 21 heavy (non-hydrogen) atoms. The summed E-state index contributed by atoms with van der Waals surface area (Å²) in [5, 5.41) is 3.45. The lowest BCUT2D eigenvalue weighted by Crippen LogP contribution is -2.36. The van der Waals surface area contributed by atoms with Crippen molar-refractivity contribution in [3.05, 3.63) is 58.6 Å². The molecule has 0 spiro atoms. The zero-order valence-electron chi connectivity index (χ0n) is 11.9. The van der Waals surface area contributed by atoms with E-state index in [0.717, 1.165) is 43.0 Å². The number of ether oxygens (including phenoxy) is 1. The molecule has 0 unspecified atom stereocenters. The van der Waals surface area contributed by atoms with Gasteiger partial charge in [-0.05, 0) is 42.0 Å². The fourth-order valence-corrected chi connectivity index (χ4v) is 2.68. The molecular formula is C17H19BrN2O. The first-order chi connectivity index (χ1) is 10.3. The summed E-state index contributed by atoms with van der Waals surface area (Å²) in [7, 11) is 0. The molecule has 1 fully saturated rings. The van der Waals surface area contributed by atoms with Gasteiger partial charge in [0.15, 0.2) is 0 Å². The van der Waals surface area contributed by atoms with Crippen LogP contribution in [0, 0.1) is 0 Å². The number of anilines is 2. The van der Waals surface area contributed by atoms with Gasteiger partial charge >= 0.3 is 0 Å². The SMILES string of the molecule is Brc1ccc(CNc2ccc(N3CCOCC3)cc2)cc1. The van der Waals surface area contributed by atoms with E-state index < -0.39 is 0 Å². The average molecular weight is 347 g/mol. The first kappa shape index (κ1) is 14.4. The largest absolute Gasteiger partial charge is 0.381 e. The Bertz CT molecular complexity index is 562. The van der Waals surface area contributed by atoms with Crippen molar-refractivity contribution in [3.63, 3.8) is 0 Å². The predicted octanol–water partition coefficient (Wildman–Crippen LogP) is 3.90. The summed E-state index contributed by atoms with van der Waals surface area (Å²) in [5.41, 5.74) is 3.69. The summed E-state index contributed by atoms with van der Waals surface area (Å²) in [6.45, 7) is 4.44. The number of nitrogens with zero attached hydrogens (tertiary/aromatic N) is 1. The second-order valence-electron chi connectivity index (χ2n) is 5.13. The fraction of sp³-hybridized carbons (Fsp3) is 0.294. The Morgan fingerprint density at radius 2 is 1.62 bits per heavy atom. The zero-order valence-corrected chi connectivity index (χ0v) is 13.5. The molecule has 0 atom stereocenters. The minimum absolute atomic E-state index is 0.823. The van der Waals surface area contributed by atoms with Crippen molar-refractivity contribution in [1.29, 1.82) is 0 Å². The maximum atomic E-state index is 5.38. The maximum absolute atomic E-state index is 5.38. The first-order valence-electron chi connectivity index (χ1n) is 7.22. The standard InChI is InChI=1S/C17H19BrN2O/c18-15-3-1-14(2-4-15)13-19-16-5-7-17(8-6-16)20-9-11-21-12-10-20/h1-8,19H,9-13H2. The number of halogens is 1. The Morgan fingerprint density at radius 1 is 0.952 bits per heavy atom. The summed E-state index contributed by atoms with van der Waals surface area (Å²) >= 11 is 3.45. The van der Waals surface area contributed by atoms with Gasteiger partial charge in [0, 0.05) is 35.5 Å². The predicted molar refractivity (Wildman–Crippen MR) is 90.9 cm³/mol. The van der Waals surface area contributed by atoms with E-state index in [2.05, 4.69) is 74.7 Å². The molecule has 2 aromatic rings. The molecule has 4 heteroatoms. The number of hydrogen-bond acceptors (Lipinski definition) is 3. The molecule has 110 valence electrons. The van der Waals surface area contributed by atoms with E-state index in [1.165, 1.54) is 11.3 Å². The fourth-order valence-electron chi connectivity index (χ4n) is 2.42. The lowest BCUT2D eigenvalue weighted by Gasteiger charge is -2.28. The Kier molecular flexibility index (Phi) is 4.78. The van der Waals surface area contributed by atoms with Crippen molar-refractivity contribution < 1.29 is 4.74 Å². The molecule has 3 rings (SSSR count). The van der Waals surface area contributed by atoms with Crippen LogP contribution in [0.25, 0.3) is 0 Å². The Labute approximate surface area is 134 Å². The van der Waals surface area contributed by atoms with Crippen LogP contribution >= 0.6 is 15.9 Å². The number of benzene rings is 2. The first-order valence-corrected chi connectivity index (χ1v) is 8.02. The molecule has 0 aliphatic carbocycles. The van der Waals surface area contributed by atoms with Gasteiger partial charge < -0.3 is 15.0 Å². The van der Waals surface area contributed by atoms with Gasteiger partial charge in [-0.15, -0.1) is 0 Å². The molecule has 1 aliphatic heterocycles. The van der Waals surface area contributed by atoms with Crippen molar-refractivity contribution in [2.45, 2.75) is 6.54 Å². The van der Waals surface area contributed by atoms with Crippen LogP contribution in [-0.2, 0) is 11.3 Å². The number of nitrogens with one attached hydrogen (secondary N) is 1. The molecule has 1 saturated heterocycles. The van der Waals surface area contributed by atoms with E-state index in [9.17, 15) is 0 Å². The molecule has 1 N–H and O–H groups in total. The molecule has 0 saturated carbocycles. The molecule has 0 amide bonds. The Balaban J connectivity index is 1.57. The van der Waals surface area contributed by atoms with Crippen LogP contribution in [0.15, 0.2) is 53.0 Å². The average Bonchev–Trinajstić information content (AvgIpc) is 2.56. The summed E-state index contributed by atoms with van der Waals surface area (Å²) in [4.78, 5) is 2.36. The van der Waals surface area contributed by atoms with E-state index in [0.29, 0.717) is 0 Å². The maximum Gasteiger partial charge on any atom is 0.0642 e. The van der Waals surface area contributed by atoms with E-state index in [4.69, 9.17) is 4.74 Å². The van der Waals surface area contributed by atoms with Gasteiger partial charge in [-0.3, -0.25) is 0 Å². The zero-order chi connectivity index (χ0) is 14.5. The molecule has 2 aromatic carbocycles. The van der Waals surface area contributed by atoms with Crippen molar-refractivity contribution in [2.75, 3.05) is 36.5 Å². The highest BCUT2D eigenvalue weighted by molar-refractivity contribution is 9.10. The Morgan fingerprint density at radius 3 is 2.29 bits per heavy atom. The summed E-state index contributed by atoms with van der Waals surface area (Å²) in [5.74, 6) is 0. The van der Waals surface area contributed by atoms with Gasteiger partial charge in [-0.2, -0.15) is 0 Å². The van der Waals surface area contributed by atoms with E-state index in [1.807, 2.05) is 0 Å². The number of morpholine rings is 1. The lowest BCUT2D eigenvalue weighted by molar-refractivity contribution is 0.122. The van der Waals surface area contributed by atoms with Crippen LogP contribution in [0.3, 0.4) is 0 Å². The normalized spacial score (nSPS) is 15.0. The van der Waals surface area contributed by atoms with E-state index >= 15 is 0 Å². The van der Waals surface area contributed by atoms with Crippen LogP contribution in [0.2, 0.25) is 0 Å². The molecule has 1 heterocycles. The topological polar surface area (TPSA) is 24.5 Å². The summed E-state index contributed by atoms with van der Waals surface area (Å²) in [6.07, 6.45) is 0. The third kappa shape index (κ3) is 3.99.